The zero-order valence-electron chi connectivity index (χ0n) is 40.1. The van der Waals surface area contributed by atoms with Crippen LogP contribution >= 0.6 is 11.8 Å². The van der Waals surface area contributed by atoms with Crippen LogP contribution in [0.5, 0.6) is 0 Å². The SMILES string of the molecule is CSc1ncc2ccc3c(C(=O)NCCCc4cccc(-c5ncc6ccc7c(C(N)=O)nn(C8CCN(C(=O)OC(C)(C)C)CC8)c7c6n5)c4)nn(C4CCN(C(=O)OC(C)(C)C)CC4)c3c2n1. The first-order valence-corrected chi connectivity index (χ1v) is 24.7. The predicted molar refractivity (Wildman–Crippen MR) is 264 cm³/mol. The third-order valence-electron chi connectivity index (χ3n) is 12.5. The molecule has 7 aromatic rings. The van der Waals surface area contributed by atoms with Gasteiger partial charge in [0.1, 0.15) is 22.2 Å². The lowest BCUT2D eigenvalue weighted by Gasteiger charge is -2.33. The molecule has 19 heteroatoms. The second-order valence-electron chi connectivity index (χ2n) is 19.8. The Balaban J connectivity index is 0.910. The number of nitrogens with one attached hydrogen (secondary N) is 1. The van der Waals surface area contributed by atoms with Crippen molar-refractivity contribution < 1.29 is 28.7 Å². The maximum Gasteiger partial charge on any atom is 0.410 e. The normalized spacial score (nSPS) is 15.3. The van der Waals surface area contributed by atoms with E-state index in [1.54, 1.807) is 22.2 Å². The van der Waals surface area contributed by atoms with Gasteiger partial charge in [0.15, 0.2) is 22.4 Å². The lowest BCUT2D eigenvalue weighted by atomic mass is 10.0. The van der Waals surface area contributed by atoms with E-state index in [1.165, 1.54) is 11.8 Å². The molecule has 2 fully saturated rings. The first kappa shape index (κ1) is 47.2. The number of nitrogens with zero attached hydrogens (tertiary/aromatic N) is 10. The lowest BCUT2D eigenvalue weighted by Crippen LogP contribution is -2.42. The average Bonchev–Trinajstić information content (AvgIpc) is 3.92. The number of thioether (sulfide) groups is 1. The van der Waals surface area contributed by atoms with E-state index in [2.05, 4.69) is 16.4 Å². The van der Waals surface area contributed by atoms with Crippen LogP contribution in [-0.2, 0) is 15.9 Å². The molecule has 0 spiro atoms. The maximum atomic E-state index is 14.0. The number of likely N-dealkylation sites (tertiary alicyclic amines) is 2. The summed E-state index contributed by atoms with van der Waals surface area (Å²) < 4.78 is 15.0. The minimum absolute atomic E-state index is 0.0682. The minimum atomic E-state index is -0.632. The Labute approximate surface area is 403 Å². The third-order valence-corrected chi connectivity index (χ3v) is 13.0. The number of rotatable bonds is 10. The van der Waals surface area contributed by atoms with Crippen LogP contribution in [0, 0.1) is 0 Å². The zero-order chi connectivity index (χ0) is 48.8. The summed E-state index contributed by atoms with van der Waals surface area (Å²) in [5.41, 5.74) is 9.87. The standard InChI is InChI=1S/C50H58N12O6S/c1-49(2,3)67-47(65)59-22-17-33(18-23-59)61-41-35(39(57-61)43(51)63)15-13-31-27-53-44(55-37(31)41)30-12-8-10-29(26-30)11-9-21-52-45(64)40-36-16-14-32-28-54-46(69-7)56-38(32)42(36)62(58-40)34-19-24-60(25-20-34)48(66)68-50(4,5)6/h8,10,12-16,26-28,33-34H,9,11,17-25H2,1-7H3,(H2,51,63)(H,52,64). The van der Waals surface area contributed by atoms with E-state index in [-0.39, 0.29) is 35.9 Å². The smallest absolute Gasteiger partial charge is 0.410 e. The molecular formula is C50H58N12O6S. The molecule has 4 aromatic heterocycles. The molecule has 3 aromatic carbocycles. The summed E-state index contributed by atoms with van der Waals surface area (Å²) in [6.07, 6.45) is 8.65. The number of carbonyl (C=O) groups excluding carboxylic acids is 4. The number of ether oxygens (including phenoxy) is 2. The van der Waals surface area contributed by atoms with Crippen molar-refractivity contribution in [3.63, 3.8) is 0 Å². The second kappa shape index (κ2) is 18.9. The van der Waals surface area contributed by atoms with E-state index in [4.69, 9.17) is 40.4 Å². The van der Waals surface area contributed by atoms with Crippen LogP contribution in [0.25, 0.3) is 55.0 Å². The van der Waals surface area contributed by atoms with E-state index >= 15 is 0 Å². The molecule has 360 valence electrons. The van der Waals surface area contributed by atoms with Gasteiger partial charge in [-0.15, -0.1) is 0 Å². The van der Waals surface area contributed by atoms with Gasteiger partial charge in [-0.25, -0.2) is 29.5 Å². The van der Waals surface area contributed by atoms with Crippen molar-refractivity contribution >= 4 is 79.4 Å². The van der Waals surface area contributed by atoms with Crippen LogP contribution in [0.4, 0.5) is 9.59 Å². The van der Waals surface area contributed by atoms with E-state index in [1.807, 2.05) is 99.6 Å². The highest BCUT2D eigenvalue weighted by molar-refractivity contribution is 7.98. The number of nitrogens with two attached hydrogens (primary N) is 1. The van der Waals surface area contributed by atoms with Gasteiger partial charge in [-0.05, 0) is 110 Å². The molecular weight excluding hydrogens is 897 g/mol. The molecule has 0 bridgehead atoms. The first-order chi connectivity index (χ1) is 32.9. The van der Waals surface area contributed by atoms with Gasteiger partial charge in [0.25, 0.3) is 11.8 Å². The van der Waals surface area contributed by atoms with E-state index < -0.39 is 17.1 Å². The van der Waals surface area contributed by atoms with Crippen LogP contribution in [0.1, 0.15) is 112 Å². The summed E-state index contributed by atoms with van der Waals surface area (Å²) >= 11 is 1.45. The van der Waals surface area contributed by atoms with Gasteiger partial charge in [-0.3, -0.25) is 19.0 Å². The van der Waals surface area contributed by atoms with E-state index in [0.29, 0.717) is 110 Å². The molecule has 0 saturated carbocycles. The number of aryl methyl sites for hydroxylation is 1. The maximum absolute atomic E-state index is 14.0. The molecule has 3 N–H and O–H groups in total. The summed E-state index contributed by atoms with van der Waals surface area (Å²) in [6.45, 7) is 13.5. The van der Waals surface area contributed by atoms with Crippen LogP contribution in [0.2, 0.25) is 0 Å². The summed E-state index contributed by atoms with van der Waals surface area (Å²) in [4.78, 5) is 75.1. The zero-order valence-corrected chi connectivity index (χ0v) is 40.9. The summed E-state index contributed by atoms with van der Waals surface area (Å²) in [5, 5.41) is 16.4. The molecule has 0 radical (unpaired) electrons. The Bertz CT molecular complexity index is 3120. The topological polar surface area (TPSA) is 218 Å². The Morgan fingerprint density at radius 1 is 0.725 bits per heavy atom. The fraction of sp³-hybridized carbons (Fsp3) is 0.440. The van der Waals surface area contributed by atoms with Gasteiger partial charge in [0.05, 0.1) is 23.1 Å². The molecule has 2 aliphatic rings. The number of amides is 4. The molecule has 2 aliphatic heterocycles. The van der Waals surface area contributed by atoms with E-state index in [9.17, 15) is 19.2 Å². The van der Waals surface area contributed by atoms with Gasteiger partial charge in [0, 0.05) is 72.2 Å². The lowest BCUT2D eigenvalue weighted by molar-refractivity contribution is 0.0175. The third kappa shape index (κ3) is 10.0. The molecule has 18 nitrogen and oxygen atoms in total. The molecule has 2 saturated heterocycles. The van der Waals surface area contributed by atoms with Crippen molar-refractivity contribution in [2.24, 2.45) is 5.73 Å². The van der Waals surface area contributed by atoms with Crippen LogP contribution < -0.4 is 11.1 Å². The number of carbonyl (C=O) groups is 4. The first-order valence-electron chi connectivity index (χ1n) is 23.5. The quantitative estimate of drug-likeness (QED) is 0.0750. The van der Waals surface area contributed by atoms with Gasteiger partial charge >= 0.3 is 12.2 Å². The molecule has 0 unspecified atom stereocenters. The monoisotopic (exact) mass is 954 g/mol. The van der Waals surface area contributed by atoms with Crippen molar-refractivity contribution in [2.45, 2.75) is 109 Å². The molecule has 4 amide bonds. The van der Waals surface area contributed by atoms with Crippen molar-refractivity contribution in [3.05, 3.63) is 77.9 Å². The van der Waals surface area contributed by atoms with Crippen LogP contribution in [0.15, 0.2) is 66.1 Å². The summed E-state index contributed by atoms with van der Waals surface area (Å²) in [6, 6.07) is 15.4. The minimum Gasteiger partial charge on any atom is -0.444 e. The predicted octanol–water partition coefficient (Wildman–Crippen LogP) is 8.27. The molecule has 0 aliphatic carbocycles. The van der Waals surface area contributed by atoms with Crippen LogP contribution in [-0.4, -0.2) is 123 Å². The summed E-state index contributed by atoms with van der Waals surface area (Å²) in [7, 11) is 0. The molecule has 9 rings (SSSR count). The number of fused-ring (bicyclic) bond motifs is 6. The van der Waals surface area contributed by atoms with Crippen molar-refractivity contribution in [1.29, 1.82) is 0 Å². The largest absolute Gasteiger partial charge is 0.444 e. The highest BCUT2D eigenvalue weighted by atomic mass is 32.2. The van der Waals surface area contributed by atoms with Gasteiger partial charge in [-0.2, -0.15) is 10.2 Å². The number of primary amides is 1. The van der Waals surface area contributed by atoms with E-state index in [0.717, 1.165) is 32.9 Å². The van der Waals surface area contributed by atoms with Gasteiger partial charge in [0.2, 0.25) is 0 Å². The Hall–Kier alpha value is -6.89. The highest BCUT2D eigenvalue weighted by Gasteiger charge is 2.33. The van der Waals surface area contributed by atoms with Gasteiger partial charge < -0.3 is 30.3 Å². The van der Waals surface area contributed by atoms with Gasteiger partial charge in [-0.1, -0.05) is 42.1 Å². The van der Waals surface area contributed by atoms with Crippen molar-refractivity contribution in [1.82, 2.24) is 54.6 Å². The molecule has 69 heavy (non-hydrogen) atoms. The second-order valence-corrected chi connectivity index (χ2v) is 20.5. The molecule has 6 heterocycles. The number of hydrogen-bond donors (Lipinski definition) is 2. The Morgan fingerprint density at radius 3 is 1.81 bits per heavy atom. The Kier molecular flexibility index (Phi) is 12.9. The molecule has 0 atom stereocenters. The number of piperidine rings is 2. The average molecular weight is 955 g/mol. The van der Waals surface area contributed by atoms with Crippen LogP contribution in [0.3, 0.4) is 0 Å². The number of aromatic nitrogens is 8. The van der Waals surface area contributed by atoms with Crippen molar-refractivity contribution in [3.8, 4) is 11.4 Å². The number of hydrogen-bond acceptors (Lipinski definition) is 13. The fourth-order valence-corrected chi connectivity index (χ4v) is 9.56. The van der Waals surface area contributed by atoms with Crippen molar-refractivity contribution in [2.75, 3.05) is 39.0 Å². The fourth-order valence-electron chi connectivity index (χ4n) is 9.22. The number of benzene rings is 3. The summed E-state index contributed by atoms with van der Waals surface area (Å²) in [5.74, 6) is -0.396. The Morgan fingerprint density at radius 2 is 1.26 bits per heavy atom. The highest BCUT2D eigenvalue weighted by Crippen LogP contribution is 2.36.